The number of rotatable bonds is 2. The maximum Gasteiger partial charge on any atom is 0.244 e. The van der Waals surface area contributed by atoms with Crippen LogP contribution in [0.4, 0.5) is 0 Å². The van der Waals surface area contributed by atoms with Gasteiger partial charge in [0, 0.05) is 19.6 Å². The van der Waals surface area contributed by atoms with Gasteiger partial charge < -0.3 is 4.90 Å². The number of nitriles is 1. The molecule has 0 atom stereocenters. The van der Waals surface area contributed by atoms with E-state index in [2.05, 4.69) is 4.90 Å². The molecule has 0 radical (unpaired) electrons. The third-order valence-corrected chi connectivity index (χ3v) is 5.74. The summed E-state index contributed by atoms with van der Waals surface area (Å²) in [6, 6.07) is 6.21. The molecule has 1 aliphatic rings. The molecule has 1 heterocycles. The normalized spacial score (nSPS) is 18.4. The van der Waals surface area contributed by atoms with E-state index in [4.69, 9.17) is 16.9 Å². The molecule has 0 spiro atoms. The number of likely N-dealkylation sites (N-methyl/N-ethyl adjacent to an activating group) is 1. The molecule has 0 unspecified atom stereocenters. The smallest absolute Gasteiger partial charge is 0.244 e. The topological polar surface area (TPSA) is 64.4 Å². The summed E-state index contributed by atoms with van der Waals surface area (Å²) in [7, 11) is -1.62. The van der Waals surface area contributed by atoms with Gasteiger partial charge in [0.15, 0.2) is 0 Å². The lowest BCUT2D eigenvalue weighted by Crippen LogP contribution is -2.34. The van der Waals surface area contributed by atoms with E-state index in [1.165, 1.54) is 22.5 Å². The molecule has 0 aromatic heterocycles. The molecule has 1 aromatic carbocycles. The molecule has 1 aromatic rings. The van der Waals surface area contributed by atoms with Crippen LogP contribution in [-0.2, 0) is 10.0 Å². The SMILES string of the molecule is CN1CCCN(S(=O)(=O)c2ccc(C#N)cc2Cl)CC1. The first-order valence-corrected chi connectivity index (χ1v) is 8.15. The summed E-state index contributed by atoms with van der Waals surface area (Å²) in [6.45, 7) is 2.53. The number of hydrogen-bond donors (Lipinski definition) is 0. The third-order valence-electron chi connectivity index (χ3n) is 3.36. The monoisotopic (exact) mass is 313 g/mol. The predicted octanol–water partition coefficient (Wildman–Crippen LogP) is 1.54. The number of nitrogens with zero attached hydrogens (tertiary/aromatic N) is 3. The van der Waals surface area contributed by atoms with Crippen molar-refractivity contribution in [1.29, 1.82) is 5.26 Å². The van der Waals surface area contributed by atoms with Crippen molar-refractivity contribution in [3.63, 3.8) is 0 Å². The number of hydrogen-bond acceptors (Lipinski definition) is 4. The Bertz CT molecular complexity index is 640. The summed E-state index contributed by atoms with van der Waals surface area (Å²) in [5.41, 5.74) is 0.351. The van der Waals surface area contributed by atoms with Crippen molar-refractivity contribution in [3.8, 4) is 6.07 Å². The second kappa shape index (κ2) is 6.10. The number of halogens is 1. The molecule has 0 aliphatic carbocycles. The van der Waals surface area contributed by atoms with Gasteiger partial charge in [0.05, 0.1) is 16.7 Å². The zero-order valence-corrected chi connectivity index (χ0v) is 12.8. The Morgan fingerprint density at radius 2 is 2.00 bits per heavy atom. The van der Waals surface area contributed by atoms with Gasteiger partial charge in [0.2, 0.25) is 10.0 Å². The lowest BCUT2D eigenvalue weighted by molar-refractivity contribution is 0.347. The van der Waals surface area contributed by atoms with Crippen molar-refractivity contribution in [2.24, 2.45) is 0 Å². The molecule has 1 fully saturated rings. The van der Waals surface area contributed by atoms with Gasteiger partial charge in [-0.2, -0.15) is 9.57 Å². The van der Waals surface area contributed by atoms with Crippen LogP contribution >= 0.6 is 11.6 Å². The Kier molecular flexibility index (Phi) is 4.66. The van der Waals surface area contributed by atoms with Crippen LogP contribution in [0.3, 0.4) is 0 Å². The summed E-state index contributed by atoms with van der Waals surface area (Å²) in [4.78, 5) is 2.18. The molecule has 0 amide bonds. The Morgan fingerprint density at radius 3 is 2.65 bits per heavy atom. The van der Waals surface area contributed by atoms with E-state index in [-0.39, 0.29) is 9.92 Å². The Labute approximate surface area is 124 Å². The largest absolute Gasteiger partial charge is 0.305 e. The van der Waals surface area contributed by atoms with Crippen LogP contribution in [0.1, 0.15) is 12.0 Å². The summed E-state index contributed by atoms with van der Waals surface area (Å²) < 4.78 is 26.7. The Balaban J connectivity index is 2.33. The minimum absolute atomic E-state index is 0.0720. The quantitative estimate of drug-likeness (QED) is 0.831. The average Bonchev–Trinajstić information content (AvgIpc) is 2.63. The molecule has 0 bridgehead atoms. The maximum atomic E-state index is 12.6. The standard InChI is InChI=1S/C13H16ClN3O2S/c1-16-5-2-6-17(8-7-16)20(18,19)13-4-3-11(10-15)9-12(13)14/h3-4,9H,2,5-8H2,1H3. The van der Waals surface area contributed by atoms with Crippen LogP contribution < -0.4 is 0 Å². The Morgan fingerprint density at radius 1 is 1.25 bits per heavy atom. The van der Waals surface area contributed by atoms with Gasteiger partial charge in [0.25, 0.3) is 0 Å². The van der Waals surface area contributed by atoms with Crippen molar-refractivity contribution in [3.05, 3.63) is 28.8 Å². The first-order valence-electron chi connectivity index (χ1n) is 6.33. The zero-order chi connectivity index (χ0) is 14.8. The van der Waals surface area contributed by atoms with Gasteiger partial charge in [-0.05, 0) is 38.2 Å². The fourth-order valence-corrected chi connectivity index (χ4v) is 4.17. The maximum absolute atomic E-state index is 12.6. The molecule has 108 valence electrons. The van der Waals surface area contributed by atoms with Crippen molar-refractivity contribution >= 4 is 21.6 Å². The predicted molar refractivity (Wildman–Crippen MR) is 77.0 cm³/mol. The lowest BCUT2D eigenvalue weighted by atomic mass is 10.2. The highest BCUT2D eigenvalue weighted by atomic mass is 35.5. The second-order valence-electron chi connectivity index (χ2n) is 4.82. The van der Waals surface area contributed by atoms with E-state index in [1.54, 1.807) is 0 Å². The number of sulfonamides is 1. The molecule has 1 aliphatic heterocycles. The minimum Gasteiger partial charge on any atom is -0.305 e. The molecular weight excluding hydrogens is 298 g/mol. The second-order valence-corrected chi connectivity index (χ2v) is 7.13. The number of benzene rings is 1. The van der Waals surface area contributed by atoms with Crippen LogP contribution in [-0.4, -0.2) is 50.8 Å². The minimum atomic E-state index is -3.60. The van der Waals surface area contributed by atoms with Crippen LogP contribution in [0.15, 0.2) is 23.1 Å². The highest BCUT2D eigenvalue weighted by Gasteiger charge is 2.28. The van der Waals surface area contributed by atoms with Crippen LogP contribution in [0.2, 0.25) is 5.02 Å². The average molecular weight is 314 g/mol. The van der Waals surface area contributed by atoms with Gasteiger partial charge in [-0.15, -0.1) is 0 Å². The van der Waals surface area contributed by atoms with Crippen LogP contribution in [0.5, 0.6) is 0 Å². The molecule has 7 heteroatoms. The van der Waals surface area contributed by atoms with Gasteiger partial charge in [0.1, 0.15) is 4.90 Å². The molecule has 0 saturated carbocycles. The summed E-state index contributed by atoms with van der Waals surface area (Å²) in [5.74, 6) is 0. The van der Waals surface area contributed by atoms with Gasteiger partial charge in [-0.1, -0.05) is 11.6 Å². The van der Waals surface area contributed by atoms with E-state index < -0.39 is 10.0 Å². The molecule has 1 saturated heterocycles. The fourth-order valence-electron chi connectivity index (χ4n) is 2.18. The molecular formula is C13H16ClN3O2S. The molecule has 2 rings (SSSR count). The van der Waals surface area contributed by atoms with Crippen LogP contribution in [0, 0.1) is 11.3 Å². The Hall–Kier alpha value is -1.13. The van der Waals surface area contributed by atoms with Crippen molar-refractivity contribution in [1.82, 2.24) is 9.21 Å². The molecule has 5 nitrogen and oxygen atoms in total. The first kappa shape index (κ1) is 15.3. The highest BCUT2D eigenvalue weighted by Crippen LogP contribution is 2.26. The van der Waals surface area contributed by atoms with E-state index in [9.17, 15) is 8.42 Å². The van der Waals surface area contributed by atoms with E-state index in [0.717, 1.165) is 13.0 Å². The summed E-state index contributed by atoms with van der Waals surface area (Å²) in [5, 5.41) is 8.90. The fraction of sp³-hybridized carbons (Fsp3) is 0.462. The molecule has 20 heavy (non-hydrogen) atoms. The third kappa shape index (κ3) is 3.13. The van der Waals surface area contributed by atoms with E-state index in [0.29, 0.717) is 25.2 Å². The van der Waals surface area contributed by atoms with Gasteiger partial charge >= 0.3 is 0 Å². The van der Waals surface area contributed by atoms with Crippen molar-refractivity contribution in [2.45, 2.75) is 11.3 Å². The van der Waals surface area contributed by atoms with E-state index in [1.807, 2.05) is 13.1 Å². The van der Waals surface area contributed by atoms with Crippen LogP contribution in [0.25, 0.3) is 0 Å². The highest BCUT2D eigenvalue weighted by molar-refractivity contribution is 7.89. The van der Waals surface area contributed by atoms with Gasteiger partial charge in [-0.25, -0.2) is 8.42 Å². The first-order chi connectivity index (χ1) is 9.45. The van der Waals surface area contributed by atoms with Crippen molar-refractivity contribution < 1.29 is 8.42 Å². The lowest BCUT2D eigenvalue weighted by Gasteiger charge is -2.20. The molecule has 0 N–H and O–H groups in total. The van der Waals surface area contributed by atoms with Crippen molar-refractivity contribution in [2.75, 3.05) is 33.2 Å². The van der Waals surface area contributed by atoms with E-state index >= 15 is 0 Å². The van der Waals surface area contributed by atoms with Gasteiger partial charge in [-0.3, -0.25) is 0 Å². The summed E-state index contributed by atoms with van der Waals surface area (Å²) in [6.07, 6.45) is 0.795. The summed E-state index contributed by atoms with van der Waals surface area (Å²) >= 11 is 6.01. The zero-order valence-electron chi connectivity index (χ0n) is 11.2.